The van der Waals surface area contributed by atoms with Crippen molar-refractivity contribution in [2.75, 3.05) is 24.2 Å². The summed E-state index contributed by atoms with van der Waals surface area (Å²) in [6.07, 6.45) is 0.555. The van der Waals surface area contributed by atoms with Crippen molar-refractivity contribution in [1.29, 1.82) is 0 Å². The second-order valence-electron chi connectivity index (χ2n) is 3.27. The summed E-state index contributed by atoms with van der Waals surface area (Å²) < 4.78 is 22.3. The van der Waals surface area contributed by atoms with Crippen LogP contribution in [0.3, 0.4) is 0 Å². The number of nitrogens with two attached hydrogens (primary N) is 2. The molecule has 90 valence electrons. The fraction of sp³-hybridized carbons (Fsp3) is 0.333. The van der Waals surface area contributed by atoms with Crippen molar-refractivity contribution < 1.29 is 13.5 Å². The number of nitrogen functional groups attached to an aromatic ring is 1. The Morgan fingerprint density at radius 2 is 2.06 bits per heavy atom. The molecule has 0 radical (unpaired) electrons. The molecule has 0 unspecified atom stereocenters. The zero-order chi connectivity index (χ0) is 12.2. The first-order valence-electron chi connectivity index (χ1n) is 4.73. The molecule has 1 rings (SSSR count). The van der Waals surface area contributed by atoms with Gasteiger partial charge in [-0.1, -0.05) is 6.07 Å². The number of hydrogen-bond donors (Lipinski definition) is 4. The maximum atomic E-state index is 11.2. The zero-order valence-corrected chi connectivity index (χ0v) is 9.50. The minimum Gasteiger partial charge on any atom is -0.396 e. The van der Waals surface area contributed by atoms with E-state index in [0.717, 1.165) is 0 Å². The molecule has 0 amide bonds. The van der Waals surface area contributed by atoms with Gasteiger partial charge in [-0.3, -0.25) is 0 Å². The lowest BCUT2D eigenvalue weighted by atomic mass is 10.2. The summed E-state index contributed by atoms with van der Waals surface area (Å²) in [5.41, 5.74) is 6.27. The first-order chi connectivity index (χ1) is 7.46. The van der Waals surface area contributed by atoms with Crippen LogP contribution in [-0.4, -0.2) is 26.7 Å². The molecule has 0 aromatic heterocycles. The molecule has 0 saturated heterocycles. The molecule has 6 nitrogen and oxygen atoms in total. The van der Waals surface area contributed by atoms with E-state index in [0.29, 0.717) is 18.7 Å². The third-order valence-corrected chi connectivity index (χ3v) is 2.99. The van der Waals surface area contributed by atoms with E-state index in [1.54, 1.807) is 12.1 Å². The molecule has 0 aliphatic rings. The lowest BCUT2D eigenvalue weighted by molar-refractivity contribution is 0.292. The highest BCUT2D eigenvalue weighted by Gasteiger charge is 2.14. The van der Waals surface area contributed by atoms with Crippen LogP contribution < -0.4 is 16.2 Å². The van der Waals surface area contributed by atoms with Gasteiger partial charge in [-0.2, -0.15) is 0 Å². The first kappa shape index (κ1) is 12.8. The normalized spacial score (nSPS) is 11.4. The fourth-order valence-electron chi connectivity index (χ4n) is 1.25. The summed E-state index contributed by atoms with van der Waals surface area (Å²) in [5, 5.41) is 16.5. The number of rotatable bonds is 5. The Kier molecular flexibility index (Phi) is 4.11. The van der Waals surface area contributed by atoms with Crippen molar-refractivity contribution in [3.63, 3.8) is 0 Å². The van der Waals surface area contributed by atoms with Crippen LogP contribution in [0.2, 0.25) is 0 Å². The number of sulfonamides is 1. The van der Waals surface area contributed by atoms with E-state index in [2.05, 4.69) is 5.32 Å². The molecule has 0 spiro atoms. The predicted molar refractivity (Wildman–Crippen MR) is 62.4 cm³/mol. The lowest BCUT2D eigenvalue weighted by Crippen LogP contribution is -2.15. The highest BCUT2D eigenvalue weighted by molar-refractivity contribution is 7.89. The van der Waals surface area contributed by atoms with E-state index in [4.69, 9.17) is 16.0 Å². The molecule has 0 aliphatic carbocycles. The van der Waals surface area contributed by atoms with Gasteiger partial charge in [0, 0.05) is 13.2 Å². The highest BCUT2D eigenvalue weighted by Crippen LogP contribution is 2.25. The smallest absolute Gasteiger partial charge is 0.240 e. The number of benzene rings is 1. The summed E-state index contributed by atoms with van der Waals surface area (Å²) in [6.45, 7) is 0.566. The summed E-state index contributed by atoms with van der Waals surface area (Å²) in [6, 6.07) is 4.56. The topological polar surface area (TPSA) is 118 Å². The highest BCUT2D eigenvalue weighted by atomic mass is 32.2. The molecule has 7 heteroatoms. The van der Waals surface area contributed by atoms with E-state index in [1.807, 2.05) is 0 Å². The molecule has 0 aliphatic heterocycles. The van der Waals surface area contributed by atoms with Gasteiger partial charge in [0.1, 0.15) is 4.90 Å². The van der Waals surface area contributed by atoms with Gasteiger partial charge in [-0.05, 0) is 18.6 Å². The van der Waals surface area contributed by atoms with Gasteiger partial charge in [0.25, 0.3) is 0 Å². The number of primary sulfonamides is 1. The van der Waals surface area contributed by atoms with Crippen molar-refractivity contribution in [3.05, 3.63) is 18.2 Å². The number of nitrogens with one attached hydrogen (secondary N) is 1. The van der Waals surface area contributed by atoms with Crippen molar-refractivity contribution in [2.24, 2.45) is 5.14 Å². The van der Waals surface area contributed by atoms with Crippen LogP contribution in [0.25, 0.3) is 0 Å². The molecule has 16 heavy (non-hydrogen) atoms. The maximum Gasteiger partial charge on any atom is 0.240 e. The Morgan fingerprint density at radius 1 is 1.38 bits per heavy atom. The van der Waals surface area contributed by atoms with Crippen molar-refractivity contribution in [1.82, 2.24) is 0 Å². The van der Waals surface area contributed by atoms with Crippen molar-refractivity contribution in [2.45, 2.75) is 11.3 Å². The summed E-state index contributed by atoms with van der Waals surface area (Å²) >= 11 is 0. The largest absolute Gasteiger partial charge is 0.396 e. The summed E-state index contributed by atoms with van der Waals surface area (Å²) in [4.78, 5) is -0.0958. The van der Waals surface area contributed by atoms with Crippen LogP contribution >= 0.6 is 0 Å². The van der Waals surface area contributed by atoms with E-state index < -0.39 is 10.0 Å². The molecule has 0 saturated carbocycles. The Balaban J connectivity index is 2.96. The average Bonchev–Trinajstić information content (AvgIpc) is 2.19. The van der Waals surface area contributed by atoms with Crippen LogP contribution in [0.5, 0.6) is 0 Å². The van der Waals surface area contributed by atoms with Crippen molar-refractivity contribution in [3.8, 4) is 0 Å². The second kappa shape index (κ2) is 5.15. The fourth-order valence-corrected chi connectivity index (χ4v) is 1.93. The number of aliphatic hydroxyl groups is 1. The van der Waals surface area contributed by atoms with Gasteiger partial charge in [0.15, 0.2) is 0 Å². The van der Waals surface area contributed by atoms with Gasteiger partial charge in [-0.15, -0.1) is 0 Å². The minimum atomic E-state index is -3.80. The van der Waals surface area contributed by atoms with Crippen LogP contribution in [-0.2, 0) is 10.0 Å². The SMILES string of the molecule is Nc1c(NCCCO)cccc1S(N)(=O)=O. The Labute approximate surface area is 94.3 Å². The molecule has 0 atom stereocenters. The van der Waals surface area contributed by atoms with Gasteiger partial charge in [0.2, 0.25) is 10.0 Å². The monoisotopic (exact) mass is 245 g/mol. The van der Waals surface area contributed by atoms with Crippen LogP contribution in [0.4, 0.5) is 11.4 Å². The number of aliphatic hydroxyl groups excluding tert-OH is 1. The van der Waals surface area contributed by atoms with E-state index in [9.17, 15) is 8.42 Å². The molecular formula is C9H15N3O3S. The van der Waals surface area contributed by atoms with E-state index in [-0.39, 0.29) is 17.2 Å². The van der Waals surface area contributed by atoms with Crippen LogP contribution in [0.1, 0.15) is 6.42 Å². The first-order valence-corrected chi connectivity index (χ1v) is 6.27. The van der Waals surface area contributed by atoms with Crippen molar-refractivity contribution >= 4 is 21.4 Å². The Bertz CT molecular complexity index is 459. The van der Waals surface area contributed by atoms with Crippen LogP contribution in [0.15, 0.2) is 23.1 Å². The Morgan fingerprint density at radius 3 is 2.62 bits per heavy atom. The molecule has 0 fully saturated rings. The second-order valence-corrected chi connectivity index (χ2v) is 4.80. The van der Waals surface area contributed by atoms with Gasteiger partial charge in [-0.25, -0.2) is 13.6 Å². The molecule has 1 aromatic carbocycles. The van der Waals surface area contributed by atoms with Crippen LogP contribution in [0, 0.1) is 0 Å². The van der Waals surface area contributed by atoms with E-state index >= 15 is 0 Å². The minimum absolute atomic E-state index is 0.0573. The zero-order valence-electron chi connectivity index (χ0n) is 8.68. The molecule has 6 N–H and O–H groups in total. The number of para-hydroxylation sites is 1. The Hall–Kier alpha value is -1.31. The summed E-state index contributed by atoms with van der Waals surface area (Å²) in [5.74, 6) is 0. The third-order valence-electron chi connectivity index (χ3n) is 2.02. The standard InChI is InChI=1S/C9H15N3O3S/c10-9-7(12-5-2-6-13)3-1-4-8(9)16(11,14)15/h1,3-4,12-13H,2,5-6,10H2,(H2,11,14,15). The average molecular weight is 245 g/mol. The van der Waals surface area contributed by atoms with E-state index in [1.165, 1.54) is 6.07 Å². The summed E-state index contributed by atoms with van der Waals surface area (Å²) in [7, 11) is -3.80. The lowest BCUT2D eigenvalue weighted by Gasteiger charge is -2.11. The molecule has 0 bridgehead atoms. The number of anilines is 2. The predicted octanol–water partition coefficient (Wildman–Crippen LogP) is -0.290. The van der Waals surface area contributed by atoms with Gasteiger partial charge >= 0.3 is 0 Å². The quantitative estimate of drug-likeness (QED) is 0.420. The third kappa shape index (κ3) is 3.09. The number of hydrogen-bond acceptors (Lipinski definition) is 5. The molecule has 0 heterocycles. The van der Waals surface area contributed by atoms with Gasteiger partial charge < -0.3 is 16.2 Å². The van der Waals surface area contributed by atoms with Gasteiger partial charge in [0.05, 0.1) is 11.4 Å². The molecule has 1 aromatic rings. The maximum absolute atomic E-state index is 11.2. The molecular weight excluding hydrogens is 230 g/mol.